The van der Waals surface area contributed by atoms with Crippen molar-refractivity contribution in [1.29, 1.82) is 0 Å². The van der Waals surface area contributed by atoms with Gasteiger partial charge in [-0.25, -0.2) is 14.3 Å². The molecule has 2 aromatic rings. The Kier molecular flexibility index (Phi) is 3.37. The molecule has 0 atom stereocenters. The number of hydrogen-bond donors (Lipinski definition) is 0. The highest BCUT2D eigenvalue weighted by Crippen LogP contribution is 2.25. The fraction of sp³-hybridized carbons (Fsp3) is 0.357. The highest BCUT2D eigenvalue weighted by atomic mass is 16.6. The maximum atomic E-state index is 11.7. The topological polar surface area (TPSA) is 59.7 Å². The second-order valence-corrected chi connectivity index (χ2v) is 4.57. The highest BCUT2D eigenvalue weighted by molar-refractivity contribution is 5.78. The second-order valence-electron chi connectivity index (χ2n) is 4.57. The lowest BCUT2D eigenvalue weighted by Gasteiger charge is -2.25. The molecule has 0 radical (unpaired) electrons. The third-order valence-electron chi connectivity index (χ3n) is 3.39. The number of aromatic nitrogens is 3. The molecule has 104 valence electrons. The largest absolute Gasteiger partial charge is 0.450 e. The van der Waals surface area contributed by atoms with Crippen molar-refractivity contribution in [2.45, 2.75) is 13.3 Å². The van der Waals surface area contributed by atoms with Crippen molar-refractivity contribution in [2.75, 3.05) is 19.7 Å². The number of hydrogen-bond acceptors (Lipinski definition) is 4. The Hall–Kier alpha value is -2.37. The number of amides is 1. The van der Waals surface area contributed by atoms with Crippen LogP contribution in [0.4, 0.5) is 4.79 Å². The lowest BCUT2D eigenvalue weighted by atomic mass is 10.0. The van der Waals surface area contributed by atoms with Crippen LogP contribution in [0.25, 0.3) is 11.2 Å². The summed E-state index contributed by atoms with van der Waals surface area (Å²) in [6.07, 6.45) is 6.03. The van der Waals surface area contributed by atoms with Crippen molar-refractivity contribution < 1.29 is 9.53 Å². The van der Waals surface area contributed by atoms with Crippen molar-refractivity contribution in [3.63, 3.8) is 0 Å². The molecule has 0 bridgehead atoms. The molecule has 0 spiro atoms. The van der Waals surface area contributed by atoms with Gasteiger partial charge in [0.05, 0.1) is 6.61 Å². The zero-order valence-electron chi connectivity index (χ0n) is 11.3. The third kappa shape index (κ3) is 2.24. The Morgan fingerprint density at radius 2 is 2.40 bits per heavy atom. The van der Waals surface area contributed by atoms with Crippen LogP contribution in [0, 0.1) is 0 Å². The van der Waals surface area contributed by atoms with Gasteiger partial charge in [-0.1, -0.05) is 6.08 Å². The van der Waals surface area contributed by atoms with Crippen molar-refractivity contribution >= 4 is 17.3 Å². The maximum absolute atomic E-state index is 11.7. The first kappa shape index (κ1) is 12.7. The first-order valence-corrected chi connectivity index (χ1v) is 6.69. The van der Waals surface area contributed by atoms with E-state index in [1.54, 1.807) is 15.7 Å². The average molecular weight is 272 g/mol. The number of rotatable bonds is 2. The van der Waals surface area contributed by atoms with Gasteiger partial charge in [-0.05, 0) is 31.1 Å². The van der Waals surface area contributed by atoms with Crippen molar-refractivity contribution in [3.8, 4) is 0 Å². The second kappa shape index (κ2) is 5.32. The molecule has 20 heavy (non-hydrogen) atoms. The van der Waals surface area contributed by atoms with E-state index in [9.17, 15) is 4.79 Å². The molecule has 6 heteroatoms. The summed E-state index contributed by atoms with van der Waals surface area (Å²) in [5.74, 6) is 0. The van der Waals surface area contributed by atoms with Gasteiger partial charge in [0.25, 0.3) is 0 Å². The summed E-state index contributed by atoms with van der Waals surface area (Å²) >= 11 is 0. The highest BCUT2D eigenvalue weighted by Gasteiger charge is 2.19. The molecule has 3 rings (SSSR count). The van der Waals surface area contributed by atoms with E-state index in [1.165, 1.54) is 5.57 Å². The molecule has 1 aliphatic rings. The van der Waals surface area contributed by atoms with E-state index < -0.39 is 0 Å². The number of ether oxygens (including phenoxy) is 1. The zero-order valence-corrected chi connectivity index (χ0v) is 11.3. The fourth-order valence-corrected chi connectivity index (χ4v) is 2.39. The molecule has 0 aliphatic carbocycles. The van der Waals surface area contributed by atoms with Crippen LogP contribution in [0.3, 0.4) is 0 Å². The molecule has 1 aliphatic heterocycles. The molecule has 0 fully saturated rings. The van der Waals surface area contributed by atoms with Gasteiger partial charge < -0.3 is 9.64 Å². The Bertz CT molecular complexity index is 662. The summed E-state index contributed by atoms with van der Waals surface area (Å²) in [6.45, 7) is 3.46. The van der Waals surface area contributed by atoms with Gasteiger partial charge >= 0.3 is 6.09 Å². The van der Waals surface area contributed by atoms with E-state index in [4.69, 9.17) is 4.74 Å². The molecule has 1 amide bonds. The molecule has 6 nitrogen and oxygen atoms in total. The van der Waals surface area contributed by atoms with Gasteiger partial charge in [0.1, 0.15) is 6.33 Å². The molecular weight excluding hydrogens is 256 g/mol. The predicted octanol–water partition coefficient (Wildman–Crippen LogP) is 1.97. The lowest BCUT2D eigenvalue weighted by molar-refractivity contribution is 0.111. The van der Waals surface area contributed by atoms with Crippen LogP contribution in [0.15, 0.2) is 30.7 Å². The molecule has 0 unspecified atom stereocenters. The van der Waals surface area contributed by atoms with Crippen LogP contribution in [0.5, 0.6) is 0 Å². The maximum Gasteiger partial charge on any atom is 0.410 e. The number of carbonyl (C=O) groups is 1. The van der Waals surface area contributed by atoms with E-state index in [-0.39, 0.29) is 6.09 Å². The summed E-state index contributed by atoms with van der Waals surface area (Å²) in [6, 6.07) is 3.99. The van der Waals surface area contributed by atoms with E-state index in [0.717, 1.165) is 17.6 Å². The summed E-state index contributed by atoms with van der Waals surface area (Å²) in [5, 5.41) is 4.14. The lowest BCUT2D eigenvalue weighted by Crippen LogP contribution is -2.35. The van der Waals surface area contributed by atoms with Gasteiger partial charge in [-0.15, -0.1) is 0 Å². The normalized spacial score (nSPS) is 15.2. The van der Waals surface area contributed by atoms with E-state index >= 15 is 0 Å². The molecule has 0 saturated heterocycles. The monoisotopic (exact) mass is 272 g/mol. The minimum absolute atomic E-state index is 0.247. The SMILES string of the molecule is CCOC(=O)N1CC=C(c2cccn3ncnc23)CC1. The van der Waals surface area contributed by atoms with Crippen LogP contribution < -0.4 is 0 Å². The first-order chi connectivity index (χ1) is 9.79. The minimum Gasteiger partial charge on any atom is -0.450 e. The summed E-state index contributed by atoms with van der Waals surface area (Å²) < 4.78 is 6.77. The molecular formula is C14H16N4O2. The number of pyridine rings is 1. The van der Waals surface area contributed by atoms with Crippen LogP contribution in [0.1, 0.15) is 18.9 Å². The third-order valence-corrected chi connectivity index (χ3v) is 3.39. The number of carbonyl (C=O) groups excluding carboxylic acids is 1. The average Bonchev–Trinajstić information content (AvgIpc) is 2.96. The van der Waals surface area contributed by atoms with Crippen LogP contribution in [-0.2, 0) is 4.74 Å². The van der Waals surface area contributed by atoms with E-state index in [2.05, 4.69) is 16.2 Å². The Morgan fingerprint density at radius 3 is 3.15 bits per heavy atom. The van der Waals surface area contributed by atoms with Crippen LogP contribution in [-0.4, -0.2) is 45.3 Å². The molecule has 0 N–H and O–H groups in total. The molecule has 0 saturated carbocycles. The van der Waals surface area contributed by atoms with E-state index in [1.807, 2.05) is 25.3 Å². The summed E-state index contributed by atoms with van der Waals surface area (Å²) in [5.41, 5.74) is 3.13. The molecule has 0 aromatic carbocycles. The van der Waals surface area contributed by atoms with Crippen LogP contribution >= 0.6 is 0 Å². The minimum atomic E-state index is -0.247. The zero-order chi connectivity index (χ0) is 13.9. The van der Waals surface area contributed by atoms with Gasteiger partial charge in [0, 0.05) is 24.8 Å². The van der Waals surface area contributed by atoms with Crippen LogP contribution in [0.2, 0.25) is 0 Å². The Labute approximate surface area is 116 Å². The van der Waals surface area contributed by atoms with Crippen molar-refractivity contribution in [3.05, 3.63) is 36.3 Å². The Balaban J connectivity index is 1.83. The smallest absolute Gasteiger partial charge is 0.410 e. The standard InChI is InChI=1S/C14H16N4O2/c1-2-20-14(19)17-8-5-11(6-9-17)12-4-3-7-18-13(12)15-10-16-18/h3-5,7,10H,2,6,8-9H2,1H3. The van der Waals surface area contributed by atoms with Gasteiger partial charge in [0.15, 0.2) is 5.65 Å². The molecule has 3 heterocycles. The summed E-state index contributed by atoms with van der Waals surface area (Å²) in [4.78, 5) is 17.6. The number of fused-ring (bicyclic) bond motifs is 1. The van der Waals surface area contributed by atoms with Gasteiger partial charge in [-0.3, -0.25) is 0 Å². The fourth-order valence-electron chi connectivity index (χ4n) is 2.39. The predicted molar refractivity (Wildman–Crippen MR) is 74.2 cm³/mol. The summed E-state index contributed by atoms with van der Waals surface area (Å²) in [7, 11) is 0. The quantitative estimate of drug-likeness (QED) is 0.838. The van der Waals surface area contributed by atoms with Crippen molar-refractivity contribution in [1.82, 2.24) is 19.5 Å². The Morgan fingerprint density at radius 1 is 1.50 bits per heavy atom. The number of nitrogens with zero attached hydrogens (tertiary/aromatic N) is 4. The van der Waals surface area contributed by atoms with E-state index in [0.29, 0.717) is 19.7 Å². The molecule has 2 aromatic heterocycles. The van der Waals surface area contributed by atoms with Gasteiger partial charge in [0.2, 0.25) is 0 Å². The van der Waals surface area contributed by atoms with Gasteiger partial charge in [-0.2, -0.15) is 5.10 Å². The first-order valence-electron chi connectivity index (χ1n) is 6.69. The van der Waals surface area contributed by atoms with Crippen molar-refractivity contribution in [2.24, 2.45) is 0 Å².